The molecule has 0 unspecified atom stereocenters. The molecule has 0 aliphatic heterocycles. The quantitative estimate of drug-likeness (QED) is 0.816. The van der Waals surface area contributed by atoms with Crippen LogP contribution < -0.4 is 14.8 Å². The molecule has 2 aromatic rings. The summed E-state index contributed by atoms with van der Waals surface area (Å²) in [6, 6.07) is 13.1. The Labute approximate surface area is 153 Å². The second kappa shape index (κ2) is 9.18. The molecule has 0 radical (unpaired) electrons. The van der Waals surface area contributed by atoms with Crippen molar-refractivity contribution in [3.8, 4) is 11.5 Å². The molecule has 25 heavy (non-hydrogen) atoms. The third kappa shape index (κ3) is 5.57. The van der Waals surface area contributed by atoms with Crippen molar-refractivity contribution in [2.75, 3.05) is 27.8 Å². The number of methoxy groups -OCH3 is 2. The third-order valence-electron chi connectivity index (χ3n) is 3.79. The number of hydrogen-bond acceptors (Lipinski definition) is 3. The van der Waals surface area contributed by atoms with Gasteiger partial charge in [-0.15, -0.1) is 0 Å². The smallest absolute Gasteiger partial charge is 0.317 e. The fourth-order valence-electron chi connectivity index (χ4n) is 2.47. The summed E-state index contributed by atoms with van der Waals surface area (Å²) in [5, 5.41) is 3.58. The number of carbonyl (C=O) groups is 1. The highest BCUT2D eigenvalue weighted by Gasteiger charge is 2.09. The topological polar surface area (TPSA) is 50.8 Å². The molecular formula is C19H23ClN2O3. The van der Waals surface area contributed by atoms with Crippen molar-refractivity contribution in [3.05, 3.63) is 58.6 Å². The van der Waals surface area contributed by atoms with Gasteiger partial charge in [0.05, 0.1) is 14.2 Å². The fourth-order valence-corrected chi connectivity index (χ4v) is 2.68. The fraction of sp³-hybridized carbons (Fsp3) is 0.316. The van der Waals surface area contributed by atoms with Crippen molar-refractivity contribution < 1.29 is 14.3 Å². The number of carbonyl (C=O) groups excluding carboxylic acids is 1. The van der Waals surface area contributed by atoms with E-state index in [-0.39, 0.29) is 6.03 Å². The lowest BCUT2D eigenvalue weighted by Gasteiger charge is -2.18. The van der Waals surface area contributed by atoms with Gasteiger partial charge in [0.2, 0.25) is 0 Å². The summed E-state index contributed by atoms with van der Waals surface area (Å²) in [6.45, 7) is 1.04. The molecule has 0 fully saturated rings. The highest BCUT2D eigenvalue weighted by atomic mass is 35.5. The number of amides is 2. The molecule has 0 aliphatic rings. The van der Waals surface area contributed by atoms with Gasteiger partial charge in [-0.1, -0.05) is 29.8 Å². The van der Waals surface area contributed by atoms with Gasteiger partial charge in [-0.2, -0.15) is 0 Å². The van der Waals surface area contributed by atoms with Gasteiger partial charge in [-0.05, 0) is 41.8 Å². The maximum atomic E-state index is 12.2. The summed E-state index contributed by atoms with van der Waals surface area (Å²) in [6.07, 6.45) is 0.705. The van der Waals surface area contributed by atoms with Gasteiger partial charge in [0.25, 0.3) is 0 Å². The van der Waals surface area contributed by atoms with Crippen molar-refractivity contribution in [3.63, 3.8) is 0 Å². The molecule has 2 amide bonds. The first-order valence-corrected chi connectivity index (χ1v) is 8.35. The van der Waals surface area contributed by atoms with Crippen LogP contribution in [0.4, 0.5) is 4.79 Å². The van der Waals surface area contributed by atoms with Crippen LogP contribution in [0.1, 0.15) is 11.1 Å². The van der Waals surface area contributed by atoms with Gasteiger partial charge in [0, 0.05) is 25.2 Å². The summed E-state index contributed by atoms with van der Waals surface area (Å²) < 4.78 is 10.5. The Kier molecular flexibility index (Phi) is 6.95. The van der Waals surface area contributed by atoms with Crippen LogP contribution in [0.3, 0.4) is 0 Å². The van der Waals surface area contributed by atoms with Crippen LogP contribution in [-0.4, -0.2) is 38.7 Å². The molecule has 5 nitrogen and oxygen atoms in total. The molecule has 1 N–H and O–H groups in total. The van der Waals surface area contributed by atoms with Gasteiger partial charge in [-0.25, -0.2) is 4.79 Å². The van der Waals surface area contributed by atoms with E-state index in [0.29, 0.717) is 36.0 Å². The summed E-state index contributed by atoms with van der Waals surface area (Å²) in [5.41, 5.74) is 2.06. The van der Waals surface area contributed by atoms with E-state index in [1.807, 2.05) is 42.5 Å². The molecule has 0 spiro atoms. The van der Waals surface area contributed by atoms with Gasteiger partial charge < -0.3 is 19.7 Å². The highest BCUT2D eigenvalue weighted by Crippen LogP contribution is 2.27. The summed E-state index contributed by atoms with van der Waals surface area (Å²) in [4.78, 5) is 13.8. The zero-order chi connectivity index (χ0) is 18.2. The zero-order valence-corrected chi connectivity index (χ0v) is 15.5. The molecule has 0 saturated heterocycles. The molecule has 0 bridgehead atoms. The molecule has 134 valence electrons. The summed E-state index contributed by atoms with van der Waals surface area (Å²) in [7, 11) is 4.97. The van der Waals surface area contributed by atoms with Crippen LogP contribution in [0.15, 0.2) is 42.5 Å². The summed E-state index contributed by atoms with van der Waals surface area (Å²) in [5.74, 6) is 1.38. The van der Waals surface area contributed by atoms with Gasteiger partial charge >= 0.3 is 6.03 Å². The Morgan fingerprint density at radius 1 is 1.08 bits per heavy atom. The average molecular weight is 363 g/mol. The zero-order valence-electron chi connectivity index (χ0n) is 14.7. The predicted molar refractivity (Wildman–Crippen MR) is 99.6 cm³/mol. The van der Waals surface area contributed by atoms with E-state index in [1.165, 1.54) is 0 Å². The first-order valence-electron chi connectivity index (χ1n) is 7.97. The van der Waals surface area contributed by atoms with Crippen LogP contribution in [0.5, 0.6) is 11.5 Å². The van der Waals surface area contributed by atoms with E-state index in [4.69, 9.17) is 21.1 Å². The minimum absolute atomic E-state index is 0.125. The molecule has 0 aromatic heterocycles. The van der Waals surface area contributed by atoms with Crippen LogP contribution in [0, 0.1) is 0 Å². The van der Waals surface area contributed by atoms with E-state index in [2.05, 4.69) is 5.32 Å². The second-order valence-electron chi connectivity index (χ2n) is 5.66. The minimum atomic E-state index is -0.125. The molecular weight excluding hydrogens is 340 g/mol. The first-order chi connectivity index (χ1) is 12.0. The average Bonchev–Trinajstić information content (AvgIpc) is 2.61. The van der Waals surface area contributed by atoms with Gasteiger partial charge in [0.1, 0.15) is 0 Å². The summed E-state index contributed by atoms with van der Waals surface area (Å²) >= 11 is 5.97. The standard InChI is InChI=1S/C19H23ClN2O3/c1-22(13-15-5-4-6-16(20)11-15)19(23)21-10-9-14-7-8-17(24-2)18(12-14)25-3/h4-8,11-12H,9-10,13H2,1-3H3,(H,21,23). The number of nitrogens with zero attached hydrogens (tertiary/aromatic N) is 1. The van der Waals surface area contributed by atoms with Crippen molar-refractivity contribution in [2.24, 2.45) is 0 Å². The minimum Gasteiger partial charge on any atom is -0.493 e. The number of ether oxygens (including phenoxy) is 2. The number of benzene rings is 2. The number of hydrogen-bond donors (Lipinski definition) is 1. The van der Waals surface area contributed by atoms with Crippen LogP contribution >= 0.6 is 11.6 Å². The van der Waals surface area contributed by atoms with Crippen molar-refractivity contribution >= 4 is 17.6 Å². The lowest BCUT2D eigenvalue weighted by Crippen LogP contribution is -2.37. The Morgan fingerprint density at radius 2 is 1.84 bits per heavy atom. The lowest BCUT2D eigenvalue weighted by molar-refractivity contribution is 0.207. The number of nitrogens with one attached hydrogen (secondary N) is 1. The predicted octanol–water partition coefficient (Wildman–Crippen LogP) is 3.74. The van der Waals surface area contributed by atoms with Crippen LogP contribution in [0.2, 0.25) is 5.02 Å². The van der Waals surface area contributed by atoms with Crippen LogP contribution in [0.25, 0.3) is 0 Å². The maximum absolute atomic E-state index is 12.2. The number of rotatable bonds is 7. The molecule has 2 aromatic carbocycles. The van der Waals surface area contributed by atoms with Crippen LogP contribution in [-0.2, 0) is 13.0 Å². The Bertz CT molecular complexity index is 722. The Hall–Kier alpha value is -2.40. The van der Waals surface area contributed by atoms with Gasteiger partial charge in [-0.3, -0.25) is 0 Å². The maximum Gasteiger partial charge on any atom is 0.317 e. The molecule has 6 heteroatoms. The lowest BCUT2D eigenvalue weighted by atomic mass is 10.1. The second-order valence-corrected chi connectivity index (χ2v) is 6.09. The van der Waals surface area contributed by atoms with E-state index < -0.39 is 0 Å². The van der Waals surface area contributed by atoms with Gasteiger partial charge in [0.15, 0.2) is 11.5 Å². The Balaban J connectivity index is 1.83. The molecule has 0 atom stereocenters. The number of urea groups is 1. The van der Waals surface area contributed by atoms with E-state index in [1.54, 1.807) is 26.2 Å². The van der Waals surface area contributed by atoms with E-state index in [0.717, 1.165) is 11.1 Å². The SMILES string of the molecule is COc1ccc(CCNC(=O)N(C)Cc2cccc(Cl)c2)cc1OC. The van der Waals surface area contributed by atoms with E-state index in [9.17, 15) is 4.79 Å². The van der Waals surface area contributed by atoms with Crippen molar-refractivity contribution in [1.82, 2.24) is 10.2 Å². The first kappa shape index (κ1) is 18.9. The molecule has 2 rings (SSSR count). The molecule has 0 saturated carbocycles. The van der Waals surface area contributed by atoms with Crippen molar-refractivity contribution in [1.29, 1.82) is 0 Å². The van der Waals surface area contributed by atoms with Crippen molar-refractivity contribution in [2.45, 2.75) is 13.0 Å². The Morgan fingerprint density at radius 3 is 2.52 bits per heavy atom. The normalized spacial score (nSPS) is 10.2. The largest absolute Gasteiger partial charge is 0.493 e. The molecule has 0 heterocycles. The monoisotopic (exact) mass is 362 g/mol. The molecule has 0 aliphatic carbocycles. The highest BCUT2D eigenvalue weighted by molar-refractivity contribution is 6.30. The van der Waals surface area contributed by atoms with E-state index >= 15 is 0 Å². The number of halogens is 1. The third-order valence-corrected chi connectivity index (χ3v) is 4.03.